The number of aromatic nitrogens is 3. The van der Waals surface area contributed by atoms with Crippen LogP contribution in [-0.2, 0) is 13.1 Å². The highest BCUT2D eigenvalue weighted by Crippen LogP contribution is 2.30. The van der Waals surface area contributed by atoms with Gasteiger partial charge in [0, 0.05) is 49.4 Å². The summed E-state index contributed by atoms with van der Waals surface area (Å²) in [6.45, 7) is 4.98. The van der Waals surface area contributed by atoms with Crippen LogP contribution in [-0.4, -0.2) is 26.4 Å². The van der Waals surface area contributed by atoms with Crippen molar-refractivity contribution in [2.45, 2.75) is 58.0 Å². The molecule has 23 heavy (non-hydrogen) atoms. The summed E-state index contributed by atoms with van der Waals surface area (Å²) >= 11 is 0. The van der Waals surface area contributed by atoms with Crippen LogP contribution >= 0.6 is 0 Å². The van der Waals surface area contributed by atoms with E-state index in [9.17, 15) is 0 Å². The minimum Gasteiger partial charge on any atom is -0.295 e. The molecule has 0 aromatic carbocycles. The third kappa shape index (κ3) is 4.58. The van der Waals surface area contributed by atoms with Gasteiger partial charge in [0.25, 0.3) is 0 Å². The van der Waals surface area contributed by atoms with E-state index in [-0.39, 0.29) is 0 Å². The molecule has 4 heteroatoms. The van der Waals surface area contributed by atoms with E-state index in [4.69, 9.17) is 0 Å². The van der Waals surface area contributed by atoms with Crippen LogP contribution in [0.5, 0.6) is 0 Å². The van der Waals surface area contributed by atoms with Gasteiger partial charge in [0.15, 0.2) is 0 Å². The van der Waals surface area contributed by atoms with E-state index >= 15 is 0 Å². The molecule has 0 spiro atoms. The van der Waals surface area contributed by atoms with Crippen molar-refractivity contribution in [1.29, 1.82) is 0 Å². The molecule has 1 saturated carbocycles. The Kier molecular flexibility index (Phi) is 5.70. The Morgan fingerprint density at radius 2 is 1.74 bits per heavy atom. The second-order valence-corrected chi connectivity index (χ2v) is 6.45. The van der Waals surface area contributed by atoms with Crippen LogP contribution in [0.4, 0.5) is 0 Å². The zero-order valence-electron chi connectivity index (χ0n) is 14.0. The number of hydrogen-bond donors (Lipinski definition) is 0. The molecule has 1 aliphatic carbocycles. The highest BCUT2D eigenvalue weighted by Gasteiger charge is 2.17. The Hall–Kier alpha value is -1.81. The van der Waals surface area contributed by atoms with Crippen molar-refractivity contribution >= 4 is 0 Å². The van der Waals surface area contributed by atoms with Gasteiger partial charge in [0.1, 0.15) is 5.82 Å². The maximum atomic E-state index is 4.65. The zero-order chi connectivity index (χ0) is 15.9. The Bertz CT molecular complexity index is 576. The first-order valence-corrected chi connectivity index (χ1v) is 8.77. The Labute approximate surface area is 139 Å². The molecule has 0 N–H and O–H groups in total. The molecule has 122 valence electrons. The van der Waals surface area contributed by atoms with Crippen LogP contribution in [0.25, 0.3) is 0 Å². The van der Waals surface area contributed by atoms with E-state index in [0.29, 0.717) is 5.92 Å². The Balaban J connectivity index is 1.60. The number of pyridine rings is 1. The van der Waals surface area contributed by atoms with E-state index in [1.807, 2.05) is 30.9 Å². The molecule has 0 atom stereocenters. The topological polar surface area (TPSA) is 41.9 Å². The second kappa shape index (κ2) is 8.16. The quantitative estimate of drug-likeness (QED) is 0.810. The predicted molar refractivity (Wildman–Crippen MR) is 91.9 cm³/mol. The van der Waals surface area contributed by atoms with Gasteiger partial charge < -0.3 is 0 Å². The average Bonchev–Trinajstić information content (AvgIpc) is 2.63. The molecule has 1 aliphatic rings. The zero-order valence-corrected chi connectivity index (χ0v) is 14.0. The Morgan fingerprint density at radius 3 is 2.39 bits per heavy atom. The first-order valence-electron chi connectivity index (χ1n) is 8.77. The van der Waals surface area contributed by atoms with Crippen LogP contribution in [0.1, 0.15) is 61.9 Å². The van der Waals surface area contributed by atoms with Gasteiger partial charge >= 0.3 is 0 Å². The summed E-state index contributed by atoms with van der Waals surface area (Å²) in [5, 5.41) is 0. The van der Waals surface area contributed by atoms with Gasteiger partial charge in [-0.2, -0.15) is 0 Å². The molecule has 0 saturated heterocycles. The largest absolute Gasteiger partial charge is 0.295 e. The fraction of sp³-hybridized carbons (Fsp3) is 0.526. The molecule has 2 heterocycles. The molecule has 1 fully saturated rings. The lowest BCUT2D eigenvalue weighted by atomic mass is 9.89. The molecule has 2 aromatic heterocycles. The summed E-state index contributed by atoms with van der Waals surface area (Å²) in [6, 6.07) is 4.11. The van der Waals surface area contributed by atoms with E-state index in [0.717, 1.165) is 25.5 Å². The smallest absolute Gasteiger partial charge is 0.131 e. The SMILES string of the molecule is CCN(Cc1cccnc1)Cc1cnc(C2CCCCC2)nc1. The standard InChI is InChI=1S/C19H26N4/c1-2-23(14-16-7-6-10-20-11-16)15-17-12-21-19(22-13-17)18-8-4-3-5-9-18/h6-7,10-13,18H,2-5,8-9,14-15H2,1H3. The number of rotatable bonds is 6. The van der Waals surface area contributed by atoms with Crippen molar-refractivity contribution < 1.29 is 0 Å². The fourth-order valence-corrected chi connectivity index (χ4v) is 3.31. The van der Waals surface area contributed by atoms with Crippen molar-refractivity contribution in [2.24, 2.45) is 0 Å². The van der Waals surface area contributed by atoms with Gasteiger partial charge in [-0.15, -0.1) is 0 Å². The van der Waals surface area contributed by atoms with Crippen LogP contribution in [0, 0.1) is 0 Å². The summed E-state index contributed by atoms with van der Waals surface area (Å²) < 4.78 is 0. The van der Waals surface area contributed by atoms with Gasteiger partial charge in [-0.1, -0.05) is 32.3 Å². The summed E-state index contributed by atoms with van der Waals surface area (Å²) in [6.07, 6.45) is 14.3. The van der Waals surface area contributed by atoms with Crippen LogP contribution in [0.3, 0.4) is 0 Å². The Morgan fingerprint density at radius 1 is 1.00 bits per heavy atom. The van der Waals surface area contributed by atoms with Crippen molar-refractivity contribution in [3.63, 3.8) is 0 Å². The second-order valence-electron chi connectivity index (χ2n) is 6.45. The van der Waals surface area contributed by atoms with Gasteiger partial charge in [-0.05, 0) is 31.0 Å². The van der Waals surface area contributed by atoms with Crippen LogP contribution in [0.15, 0.2) is 36.9 Å². The molecule has 0 radical (unpaired) electrons. The third-order valence-corrected chi connectivity index (χ3v) is 4.68. The fourth-order valence-electron chi connectivity index (χ4n) is 3.31. The summed E-state index contributed by atoms with van der Waals surface area (Å²) in [4.78, 5) is 15.9. The molecular weight excluding hydrogens is 284 g/mol. The van der Waals surface area contributed by atoms with Gasteiger partial charge in [0.2, 0.25) is 0 Å². The molecule has 2 aromatic rings. The molecule has 0 unspecified atom stereocenters. The van der Waals surface area contributed by atoms with E-state index in [2.05, 4.69) is 32.8 Å². The number of hydrogen-bond acceptors (Lipinski definition) is 4. The first-order chi connectivity index (χ1) is 11.3. The minimum atomic E-state index is 0.579. The lowest BCUT2D eigenvalue weighted by Crippen LogP contribution is -2.22. The molecule has 0 bridgehead atoms. The maximum absolute atomic E-state index is 4.65. The molecule has 4 nitrogen and oxygen atoms in total. The van der Waals surface area contributed by atoms with Gasteiger partial charge in [-0.3, -0.25) is 9.88 Å². The highest BCUT2D eigenvalue weighted by molar-refractivity contribution is 5.11. The first kappa shape index (κ1) is 16.1. The van der Waals surface area contributed by atoms with Crippen LogP contribution in [0.2, 0.25) is 0 Å². The number of nitrogens with zero attached hydrogens (tertiary/aromatic N) is 4. The van der Waals surface area contributed by atoms with Gasteiger partial charge in [0.05, 0.1) is 0 Å². The molecule has 0 amide bonds. The van der Waals surface area contributed by atoms with Crippen molar-refractivity contribution in [2.75, 3.05) is 6.54 Å². The van der Waals surface area contributed by atoms with E-state index in [1.165, 1.54) is 43.2 Å². The monoisotopic (exact) mass is 310 g/mol. The summed E-state index contributed by atoms with van der Waals surface area (Å²) in [5.74, 6) is 1.62. The minimum absolute atomic E-state index is 0.579. The maximum Gasteiger partial charge on any atom is 0.131 e. The van der Waals surface area contributed by atoms with E-state index in [1.54, 1.807) is 0 Å². The molecular formula is C19H26N4. The van der Waals surface area contributed by atoms with Crippen molar-refractivity contribution in [3.05, 3.63) is 53.9 Å². The lowest BCUT2D eigenvalue weighted by molar-refractivity contribution is 0.270. The third-order valence-electron chi connectivity index (χ3n) is 4.68. The molecule has 0 aliphatic heterocycles. The summed E-state index contributed by atoms with van der Waals surface area (Å²) in [7, 11) is 0. The van der Waals surface area contributed by atoms with Crippen molar-refractivity contribution in [3.8, 4) is 0 Å². The van der Waals surface area contributed by atoms with Crippen LogP contribution < -0.4 is 0 Å². The molecule has 3 rings (SSSR count). The summed E-state index contributed by atoms with van der Waals surface area (Å²) in [5.41, 5.74) is 2.43. The van der Waals surface area contributed by atoms with Crippen molar-refractivity contribution in [1.82, 2.24) is 19.9 Å². The lowest BCUT2D eigenvalue weighted by Gasteiger charge is -2.22. The van der Waals surface area contributed by atoms with E-state index < -0.39 is 0 Å². The van der Waals surface area contributed by atoms with Gasteiger partial charge in [-0.25, -0.2) is 9.97 Å². The predicted octanol–water partition coefficient (Wildman–Crippen LogP) is 3.94. The average molecular weight is 310 g/mol. The normalized spacial score (nSPS) is 15.9. The highest BCUT2D eigenvalue weighted by atomic mass is 15.1.